The van der Waals surface area contributed by atoms with E-state index in [1.807, 2.05) is 55.5 Å². The molecule has 174 valence electrons. The smallest absolute Gasteiger partial charge is 0.231 e. The lowest BCUT2D eigenvalue weighted by Gasteiger charge is -2.30. The molecule has 0 amide bonds. The van der Waals surface area contributed by atoms with E-state index in [1.54, 1.807) is 20.3 Å². The average molecular weight is 458 g/mol. The number of ketones is 1. The topological polar surface area (TPSA) is 57.2 Å². The third kappa shape index (κ3) is 4.13. The number of carbonyl (C=O) groups is 1. The highest BCUT2D eigenvalue weighted by Gasteiger charge is 2.33. The summed E-state index contributed by atoms with van der Waals surface area (Å²) in [6, 6.07) is 17.5. The van der Waals surface area contributed by atoms with Crippen LogP contribution in [0.4, 0.5) is 0 Å². The van der Waals surface area contributed by atoms with Crippen molar-refractivity contribution in [2.75, 3.05) is 27.5 Å². The molecule has 0 atom stereocenters. The van der Waals surface area contributed by atoms with Crippen LogP contribution in [0.5, 0.6) is 23.0 Å². The number of rotatable bonds is 6. The van der Waals surface area contributed by atoms with Crippen molar-refractivity contribution in [2.24, 2.45) is 0 Å². The first-order valence-electron chi connectivity index (χ1n) is 11.3. The molecule has 3 aromatic rings. The van der Waals surface area contributed by atoms with Crippen LogP contribution in [0.25, 0.3) is 6.08 Å². The van der Waals surface area contributed by atoms with E-state index >= 15 is 0 Å². The lowest BCUT2D eigenvalue weighted by Crippen LogP contribution is -2.34. The summed E-state index contributed by atoms with van der Waals surface area (Å²) >= 11 is 0. The van der Waals surface area contributed by atoms with Gasteiger partial charge >= 0.3 is 0 Å². The van der Waals surface area contributed by atoms with Crippen molar-refractivity contribution in [2.45, 2.75) is 19.9 Å². The lowest BCUT2D eigenvalue weighted by molar-refractivity contribution is 0.0952. The number of nitrogens with zero attached hydrogens (tertiary/aromatic N) is 1. The lowest BCUT2D eigenvalue weighted by atomic mass is 9.99. The first-order valence-corrected chi connectivity index (χ1v) is 11.3. The van der Waals surface area contributed by atoms with Crippen molar-refractivity contribution < 1.29 is 23.7 Å². The second-order valence-electron chi connectivity index (χ2n) is 8.47. The SMILES string of the molecule is COc1ccc(/C=C2\Oc3c(cc4c(c3C)OCN(CCc3ccccc3OC)C4)C2=O)cc1. The van der Waals surface area contributed by atoms with Gasteiger partial charge in [-0.25, -0.2) is 0 Å². The van der Waals surface area contributed by atoms with Crippen LogP contribution in [0.1, 0.15) is 32.6 Å². The molecule has 0 aromatic heterocycles. The predicted molar refractivity (Wildman–Crippen MR) is 130 cm³/mol. The first-order chi connectivity index (χ1) is 16.6. The van der Waals surface area contributed by atoms with Gasteiger partial charge in [-0.3, -0.25) is 9.69 Å². The monoisotopic (exact) mass is 457 g/mol. The number of ether oxygens (including phenoxy) is 4. The molecule has 0 aliphatic carbocycles. The molecule has 0 saturated heterocycles. The molecular formula is C28H27NO5. The molecule has 0 N–H and O–H groups in total. The zero-order valence-electron chi connectivity index (χ0n) is 19.6. The normalized spacial score (nSPS) is 16.0. The molecule has 2 aliphatic heterocycles. The molecule has 2 aliphatic rings. The van der Waals surface area contributed by atoms with Gasteiger partial charge in [-0.05, 0) is 54.8 Å². The highest BCUT2D eigenvalue weighted by molar-refractivity contribution is 6.15. The van der Waals surface area contributed by atoms with Crippen molar-refractivity contribution in [3.8, 4) is 23.0 Å². The highest BCUT2D eigenvalue weighted by Crippen LogP contribution is 2.43. The van der Waals surface area contributed by atoms with Crippen molar-refractivity contribution in [3.63, 3.8) is 0 Å². The summed E-state index contributed by atoms with van der Waals surface area (Å²) in [6.45, 7) is 3.97. The van der Waals surface area contributed by atoms with Crippen LogP contribution in [0, 0.1) is 6.92 Å². The third-order valence-electron chi connectivity index (χ3n) is 6.31. The molecule has 3 aromatic carbocycles. The van der Waals surface area contributed by atoms with Crippen molar-refractivity contribution in [1.29, 1.82) is 0 Å². The van der Waals surface area contributed by atoms with E-state index in [4.69, 9.17) is 18.9 Å². The fourth-order valence-corrected chi connectivity index (χ4v) is 4.48. The molecule has 0 spiro atoms. The van der Waals surface area contributed by atoms with Gasteiger partial charge in [-0.15, -0.1) is 0 Å². The Morgan fingerprint density at radius 1 is 1.03 bits per heavy atom. The van der Waals surface area contributed by atoms with Crippen LogP contribution in [-0.4, -0.2) is 38.2 Å². The van der Waals surface area contributed by atoms with E-state index in [0.717, 1.165) is 52.5 Å². The first kappa shape index (κ1) is 22.0. The van der Waals surface area contributed by atoms with E-state index < -0.39 is 0 Å². The van der Waals surface area contributed by atoms with Gasteiger partial charge in [0.2, 0.25) is 5.78 Å². The number of hydrogen-bond acceptors (Lipinski definition) is 6. The number of benzene rings is 3. The number of allylic oxidation sites excluding steroid dienone is 1. The van der Waals surface area contributed by atoms with Gasteiger partial charge in [-0.1, -0.05) is 30.3 Å². The number of carbonyl (C=O) groups excluding carboxylic acids is 1. The zero-order chi connectivity index (χ0) is 23.7. The molecule has 2 heterocycles. The maximum atomic E-state index is 13.1. The van der Waals surface area contributed by atoms with Gasteiger partial charge in [0.25, 0.3) is 0 Å². The molecule has 0 radical (unpaired) electrons. The molecule has 34 heavy (non-hydrogen) atoms. The predicted octanol–water partition coefficient (Wildman–Crippen LogP) is 5.02. The number of para-hydroxylation sites is 1. The number of Topliss-reactive ketones (excluding diaryl/α,β-unsaturated/α-hetero) is 1. The van der Waals surface area contributed by atoms with Crippen LogP contribution < -0.4 is 18.9 Å². The maximum absolute atomic E-state index is 13.1. The zero-order valence-corrected chi connectivity index (χ0v) is 19.6. The summed E-state index contributed by atoms with van der Waals surface area (Å²) in [5.74, 6) is 3.27. The second-order valence-corrected chi connectivity index (χ2v) is 8.47. The van der Waals surface area contributed by atoms with Gasteiger partial charge in [-0.2, -0.15) is 0 Å². The van der Waals surface area contributed by atoms with E-state index in [1.165, 1.54) is 0 Å². The van der Waals surface area contributed by atoms with Crippen LogP contribution >= 0.6 is 0 Å². The Labute approximate surface area is 199 Å². The Hall–Kier alpha value is -3.77. The minimum atomic E-state index is -0.108. The Kier molecular flexibility index (Phi) is 5.99. The van der Waals surface area contributed by atoms with E-state index in [0.29, 0.717) is 30.3 Å². The molecule has 6 nitrogen and oxygen atoms in total. The summed E-state index contributed by atoms with van der Waals surface area (Å²) in [5.41, 5.74) is 4.50. The Balaban J connectivity index is 1.34. The van der Waals surface area contributed by atoms with Crippen LogP contribution in [0.15, 0.2) is 60.4 Å². The van der Waals surface area contributed by atoms with Crippen molar-refractivity contribution in [3.05, 3.63) is 88.2 Å². The van der Waals surface area contributed by atoms with Crippen LogP contribution in [0.2, 0.25) is 0 Å². The Bertz CT molecular complexity index is 1260. The molecule has 0 saturated carbocycles. The summed E-state index contributed by atoms with van der Waals surface area (Å²) in [6.07, 6.45) is 2.62. The quantitative estimate of drug-likeness (QED) is 0.485. The molecule has 0 fully saturated rings. The van der Waals surface area contributed by atoms with Gasteiger partial charge < -0.3 is 18.9 Å². The van der Waals surface area contributed by atoms with Gasteiger partial charge in [0.1, 0.15) is 29.7 Å². The number of fused-ring (bicyclic) bond motifs is 2. The van der Waals surface area contributed by atoms with Gasteiger partial charge in [0.05, 0.1) is 19.8 Å². The van der Waals surface area contributed by atoms with Gasteiger partial charge in [0.15, 0.2) is 5.76 Å². The standard InChI is InChI=1S/C28H27NO5/c1-18-27-21(16-29(17-33-27)13-12-20-6-4-5-7-24(20)32-3)15-23-26(30)25(34-28(18)23)14-19-8-10-22(31-2)11-9-19/h4-11,14-15H,12-13,16-17H2,1-3H3/b25-14-. The molecule has 6 heteroatoms. The third-order valence-corrected chi connectivity index (χ3v) is 6.31. The van der Waals surface area contributed by atoms with E-state index in [2.05, 4.69) is 11.0 Å². The average Bonchev–Trinajstić information content (AvgIpc) is 3.18. The van der Waals surface area contributed by atoms with Crippen molar-refractivity contribution >= 4 is 11.9 Å². The summed E-state index contributed by atoms with van der Waals surface area (Å²) in [4.78, 5) is 15.4. The summed E-state index contributed by atoms with van der Waals surface area (Å²) < 4.78 is 22.8. The molecule has 0 unspecified atom stereocenters. The summed E-state index contributed by atoms with van der Waals surface area (Å²) in [5, 5.41) is 0. The number of hydrogen-bond donors (Lipinski definition) is 0. The van der Waals surface area contributed by atoms with Crippen molar-refractivity contribution in [1.82, 2.24) is 4.90 Å². The molecule has 0 bridgehead atoms. The largest absolute Gasteiger partial charge is 0.497 e. The van der Waals surface area contributed by atoms with E-state index in [9.17, 15) is 4.79 Å². The molecule has 5 rings (SSSR count). The Morgan fingerprint density at radius 3 is 2.59 bits per heavy atom. The maximum Gasteiger partial charge on any atom is 0.231 e. The Morgan fingerprint density at radius 2 is 1.82 bits per heavy atom. The highest BCUT2D eigenvalue weighted by atomic mass is 16.5. The minimum Gasteiger partial charge on any atom is -0.497 e. The van der Waals surface area contributed by atoms with Crippen LogP contribution in [-0.2, 0) is 13.0 Å². The minimum absolute atomic E-state index is 0.108. The fraction of sp³-hybridized carbons (Fsp3) is 0.250. The fourth-order valence-electron chi connectivity index (χ4n) is 4.48. The van der Waals surface area contributed by atoms with E-state index in [-0.39, 0.29) is 5.78 Å². The molecular weight excluding hydrogens is 430 g/mol. The second kappa shape index (κ2) is 9.23. The number of methoxy groups -OCH3 is 2. The van der Waals surface area contributed by atoms with Crippen LogP contribution in [0.3, 0.4) is 0 Å². The summed E-state index contributed by atoms with van der Waals surface area (Å²) in [7, 11) is 3.32. The van der Waals surface area contributed by atoms with Gasteiger partial charge in [0, 0.05) is 24.2 Å².